The summed E-state index contributed by atoms with van der Waals surface area (Å²) in [5, 5.41) is 10.6. The third-order valence-corrected chi connectivity index (χ3v) is 2.73. The van der Waals surface area contributed by atoms with E-state index in [0.717, 1.165) is 0 Å². The van der Waals surface area contributed by atoms with Gasteiger partial charge in [-0.05, 0) is 6.07 Å². The topological polar surface area (TPSA) is 69.2 Å². The van der Waals surface area contributed by atoms with E-state index in [1.54, 1.807) is 6.07 Å². The molecule has 0 radical (unpaired) electrons. The number of nitrogens with zero attached hydrogens (tertiary/aromatic N) is 1. The highest BCUT2D eigenvalue weighted by Gasteiger charge is 2.16. The highest BCUT2D eigenvalue weighted by molar-refractivity contribution is 9.10. The molecule has 0 spiro atoms. The van der Waals surface area contributed by atoms with Crippen molar-refractivity contribution >= 4 is 33.2 Å². The van der Waals surface area contributed by atoms with Gasteiger partial charge in [0.05, 0.1) is 4.92 Å². The van der Waals surface area contributed by atoms with Crippen LogP contribution in [0.15, 0.2) is 16.6 Å². The van der Waals surface area contributed by atoms with Crippen molar-refractivity contribution in [2.45, 2.75) is 6.54 Å². The van der Waals surface area contributed by atoms with Crippen molar-refractivity contribution in [3.63, 3.8) is 0 Å². The molecule has 13 heavy (non-hydrogen) atoms. The molecule has 0 unspecified atom stereocenters. The molecule has 1 aromatic rings. The molecular weight excluding hydrogens is 259 g/mol. The maximum Gasteiger partial charge on any atom is 0.288 e. The Labute approximate surface area is 88.0 Å². The van der Waals surface area contributed by atoms with Gasteiger partial charge in [-0.1, -0.05) is 27.5 Å². The fraction of sp³-hybridized carbons (Fsp3) is 0.143. The van der Waals surface area contributed by atoms with Gasteiger partial charge in [0.25, 0.3) is 5.69 Å². The molecule has 6 heteroatoms. The predicted octanol–water partition coefficient (Wildman–Crippen LogP) is 2.47. The third kappa shape index (κ3) is 1.99. The largest absolute Gasteiger partial charge is 0.326 e. The zero-order chi connectivity index (χ0) is 10.0. The lowest BCUT2D eigenvalue weighted by molar-refractivity contribution is -0.384. The van der Waals surface area contributed by atoms with Crippen LogP contribution < -0.4 is 5.73 Å². The minimum absolute atomic E-state index is 0.0990. The third-order valence-electron chi connectivity index (χ3n) is 1.57. The molecule has 0 saturated carbocycles. The van der Waals surface area contributed by atoms with E-state index in [-0.39, 0.29) is 17.3 Å². The Morgan fingerprint density at radius 3 is 2.69 bits per heavy atom. The van der Waals surface area contributed by atoms with E-state index in [9.17, 15) is 10.1 Å². The zero-order valence-corrected chi connectivity index (χ0v) is 8.80. The molecule has 0 aromatic heterocycles. The first-order chi connectivity index (χ1) is 6.07. The van der Waals surface area contributed by atoms with Gasteiger partial charge in [-0.25, -0.2) is 0 Å². The zero-order valence-electron chi connectivity index (χ0n) is 6.46. The first-order valence-electron chi connectivity index (χ1n) is 3.39. The number of hydrogen-bond donors (Lipinski definition) is 1. The quantitative estimate of drug-likeness (QED) is 0.659. The second-order valence-corrected chi connectivity index (χ2v) is 3.55. The molecule has 0 aliphatic heterocycles. The van der Waals surface area contributed by atoms with Crippen LogP contribution >= 0.6 is 27.5 Å². The average Bonchev–Trinajstić information content (AvgIpc) is 2.04. The molecule has 4 nitrogen and oxygen atoms in total. The van der Waals surface area contributed by atoms with Gasteiger partial charge in [0.2, 0.25) is 0 Å². The highest BCUT2D eigenvalue weighted by atomic mass is 79.9. The Hall–Kier alpha value is -0.650. The van der Waals surface area contributed by atoms with Gasteiger partial charge in [-0.15, -0.1) is 0 Å². The predicted molar refractivity (Wildman–Crippen MR) is 53.7 cm³/mol. The van der Waals surface area contributed by atoms with Gasteiger partial charge in [0.15, 0.2) is 0 Å². The summed E-state index contributed by atoms with van der Waals surface area (Å²) in [7, 11) is 0. The highest BCUT2D eigenvalue weighted by Crippen LogP contribution is 2.32. The Morgan fingerprint density at radius 2 is 2.23 bits per heavy atom. The van der Waals surface area contributed by atoms with Crippen LogP contribution in [0, 0.1) is 10.1 Å². The van der Waals surface area contributed by atoms with Crippen LogP contribution in [-0.2, 0) is 6.54 Å². The van der Waals surface area contributed by atoms with Crippen molar-refractivity contribution in [3.05, 3.63) is 37.3 Å². The molecule has 0 fully saturated rings. The Morgan fingerprint density at radius 1 is 1.62 bits per heavy atom. The first kappa shape index (κ1) is 10.4. The normalized spacial score (nSPS) is 10.1. The standard InChI is InChI=1S/C7H6BrClN2O2/c8-5-1-2-6(11(12)13)7(9)4(5)3-10/h1-2H,3,10H2. The second kappa shape index (κ2) is 4.04. The maximum atomic E-state index is 10.5. The second-order valence-electron chi connectivity index (χ2n) is 2.32. The van der Waals surface area contributed by atoms with Crippen molar-refractivity contribution in [3.8, 4) is 0 Å². The maximum absolute atomic E-state index is 10.5. The Balaban J connectivity index is 3.35. The first-order valence-corrected chi connectivity index (χ1v) is 4.56. The molecule has 0 saturated heterocycles. The minimum Gasteiger partial charge on any atom is -0.326 e. The van der Waals surface area contributed by atoms with E-state index in [4.69, 9.17) is 17.3 Å². The summed E-state index contributed by atoms with van der Waals surface area (Å²) >= 11 is 8.96. The van der Waals surface area contributed by atoms with Crippen molar-refractivity contribution in [1.82, 2.24) is 0 Å². The smallest absolute Gasteiger partial charge is 0.288 e. The summed E-state index contributed by atoms with van der Waals surface area (Å²) < 4.78 is 0.686. The van der Waals surface area contributed by atoms with E-state index in [0.29, 0.717) is 10.0 Å². The summed E-state index contributed by atoms with van der Waals surface area (Å²) in [4.78, 5) is 9.93. The number of hydrogen-bond acceptors (Lipinski definition) is 3. The summed E-state index contributed by atoms with van der Waals surface area (Å²) in [5.41, 5.74) is 5.82. The number of rotatable bonds is 2. The molecule has 0 aliphatic rings. The molecule has 1 rings (SSSR count). The lowest BCUT2D eigenvalue weighted by Crippen LogP contribution is -2.00. The molecular formula is C7H6BrClN2O2. The van der Waals surface area contributed by atoms with E-state index >= 15 is 0 Å². The van der Waals surface area contributed by atoms with Crippen LogP contribution in [0.25, 0.3) is 0 Å². The van der Waals surface area contributed by atoms with Crippen molar-refractivity contribution in [1.29, 1.82) is 0 Å². The molecule has 2 N–H and O–H groups in total. The van der Waals surface area contributed by atoms with Crippen molar-refractivity contribution in [2.75, 3.05) is 0 Å². The molecule has 0 aliphatic carbocycles. The van der Waals surface area contributed by atoms with Crippen LogP contribution in [0.2, 0.25) is 5.02 Å². The molecule has 70 valence electrons. The van der Waals surface area contributed by atoms with Gasteiger partial charge >= 0.3 is 0 Å². The van der Waals surface area contributed by atoms with E-state index < -0.39 is 4.92 Å². The van der Waals surface area contributed by atoms with Gasteiger partial charge in [0, 0.05) is 22.6 Å². The fourth-order valence-electron chi connectivity index (χ4n) is 0.913. The Bertz CT molecular complexity index is 357. The number of halogens is 2. The molecule has 0 atom stereocenters. The lowest BCUT2D eigenvalue weighted by atomic mass is 10.2. The van der Waals surface area contributed by atoms with Crippen LogP contribution in [0.4, 0.5) is 5.69 Å². The summed E-state index contributed by atoms with van der Waals surface area (Å²) in [6, 6.07) is 2.90. The summed E-state index contributed by atoms with van der Waals surface area (Å²) in [6.45, 7) is 0.168. The molecule has 0 amide bonds. The Kier molecular flexibility index (Phi) is 3.24. The van der Waals surface area contributed by atoms with Gasteiger partial charge in [0.1, 0.15) is 5.02 Å². The van der Waals surface area contributed by atoms with E-state index in [1.165, 1.54) is 6.07 Å². The van der Waals surface area contributed by atoms with Crippen LogP contribution in [0.5, 0.6) is 0 Å². The monoisotopic (exact) mass is 264 g/mol. The van der Waals surface area contributed by atoms with Crippen molar-refractivity contribution < 1.29 is 4.92 Å². The van der Waals surface area contributed by atoms with Gasteiger partial charge in [-0.3, -0.25) is 10.1 Å². The number of benzene rings is 1. The lowest BCUT2D eigenvalue weighted by Gasteiger charge is -2.03. The van der Waals surface area contributed by atoms with Crippen LogP contribution in [0.1, 0.15) is 5.56 Å². The van der Waals surface area contributed by atoms with E-state index in [1.807, 2.05) is 0 Å². The van der Waals surface area contributed by atoms with Gasteiger partial charge in [-0.2, -0.15) is 0 Å². The van der Waals surface area contributed by atoms with Crippen LogP contribution in [-0.4, -0.2) is 4.92 Å². The van der Waals surface area contributed by atoms with E-state index in [2.05, 4.69) is 15.9 Å². The fourth-order valence-corrected chi connectivity index (χ4v) is 1.83. The number of nitrogens with two attached hydrogens (primary N) is 1. The number of nitro groups is 1. The molecule has 0 bridgehead atoms. The number of nitro benzene ring substituents is 1. The van der Waals surface area contributed by atoms with Gasteiger partial charge < -0.3 is 5.73 Å². The molecule has 0 heterocycles. The SMILES string of the molecule is NCc1c(Br)ccc([N+](=O)[O-])c1Cl. The van der Waals surface area contributed by atoms with Crippen molar-refractivity contribution in [2.24, 2.45) is 5.73 Å². The minimum atomic E-state index is -0.534. The molecule has 1 aromatic carbocycles. The average molecular weight is 265 g/mol. The summed E-state index contributed by atoms with van der Waals surface area (Å²) in [5.74, 6) is 0. The summed E-state index contributed by atoms with van der Waals surface area (Å²) in [6.07, 6.45) is 0. The van der Waals surface area contributed by atoms with Crippen LogP contribution in [0.3, 0.4) is 0 Å².